The molecule has 0 saturated heterocycles. The maximum Gasteiger partial charge on any atom is 0.0477 e. The molecule has 0 amide bonds. The minimum Gasteiger partial charge on any atom is -0.385 e. The number of thiophene rings is 1. The van der Waals surface area contributed by atoms with Crippen molar-refractivity contribution in [3.63, 3.8) is 0 Å². The van der Waals surface area contributed by atoms with E-state index in [2.05, 4.69) is 42.9 Å². The molecule has 0 aliphatic heterocycles. The Morgan fingerprint density at radius 3 is 2.62 bits per heavy atom. The van der Waals surface area contributed by atoms with Gasteiger partial charge in [-0.3, -0.25) is 0 Å². The largest absolute Gasteiger partial charge is 0.385 e. The minimum absolute atomic E-state index is 0.426. The van der Waals surface area contributed by atoms with E-state index in [1.54, 1.807) is 18.4 Å². The second kappa shape index (κ2) is 7.05. The Bertz CT molecular complexity index is 271. The summed E-state index contributed by atoms with van der Waals surface area (Å²) in [5.74, 6) is 0.635. The number of hydrogen-bond donors (Lipinski definition) is 1. The monoisotopic (exact) mass is 241 g/mol. The molecule has 0 fully saturated rings. The Morgan fingerprint density at radius 2 is 2.12 bits per heavy atom. The van der Waals surface area contributed by atoms with Crippen LogP contribution in [0.4, 0.5) is 0 Å². The Balaban J connectivity index is 2.47. The molecule has 1 aromatic heterocycles. The summed E-state index contributed by atoms with van der Waals surface area (Å²) in [6, 6.07) is 3.14. The summed E-state index contributed by atoms with van der Waals surface area (Å²) in [6.45, 7) is 7.57. The van der Waals surface area contributed by atoms with Crippen molar-refractivity contribution < 1.29 is 4.74 Å². The van der Waals surface area contributed by atoms with E-state index in [0.29, 0.717) is 18.0 Å². The van der Waals surface area contributed by atoms with Crippen LogP contribution in [0.5, 0.6) is 0 Å². The van der Waals surface area contributed by atoms with Gasteiger partial charge in [0.05, 0.1) is 0 Å². The van der Waals surface area contributed by atoms with E-state index >= 15 is 0 Å². The van der Waals surface area contributed by atoms with Crippen molar-refractivity contribution in [2.24, 2.45) is 5.92 Å². The van der Waals surface area contributed by atoms with Gasteiger partial charge in [0, 0.05) is 25.8 Å². The van der Waals surface area contributed by atoms with Gasteiger partial charge in [-0.25, -0.2) is 0 Å². The molecule has 2 atom stereocenters. The summed E-state index contributed by atoms with van der Waals surface area (Å²) in [7, 11) is 1.76. The summed E-state index contributed by atoms with van der Waals surface area (Å²) in [5, 5.41) is 8.03. The Labute approximate surface area is 103 Å². The molecule has 1 N–H and O–H groups in total. The normalized spacial score (nSPS) is 15.3. The molecular weight excluding hydrogens is 218 g/mol. The molecule has 0 aromatic carbocycles. The maximum absolute atomic E-state index is 5.16. The van der Waals surface area contributed by atoms with E-state index in [1.165, 1.54) is 5.56 Å². The molecule has 2 nitrogen and oxygen atoms in total. The molecule has 1 heterocycles. The second-order valence-corrected chi connectivity index (χ2v) is 5.36. The van der Waals surface area contributed by atoms with Crippen LogP contribution in [0.3, 0.4) is 0 Å². The predicted molar refractivity (Wildman–Crippen MR) is 71.0 cm³/mol. The van der Waals surface area contributed by atoms with Gasteiger partial charge in [0.1, 0.15) is 0 Å². The van der Waals surface area contributed by atoms with E-state index < -0.39 is 0 Å². The van der Waals surface area contributed by atoms with Crippen molar-refractivity contribution in [3.05, 3.63) is 22.4 Å². The molecule has 0 aliphatic carbocycles. The quantitative estimate of drug-likeness (QED) is 0.789. The average Bonchev–Trinajstić information content (AvgIpc) is 2.76. The maximum atomic E-state index is 5.16. The number of nitrogens with one attached hydrogen (secondary N) is 1. The van der Waals surface area contributed by atoms with Crippen molar-refractivity contribution in [1.82, 2.24) is 5.32 Å². The Kier molecular flexibility index (Phi) is 6.03. The third-order valence-electron chi connectivity index (χ3n) is 2.94. The Hall–Kier alpha value is -0.380. The first-order valence-corrected chi connectivity index (χ1v) is 6.86. The summed E-state index contributed by atoms with van der Waals surface area (Å²) >= 11 is 1.76. The zero-order chi connectivity index (χ0) is 12.0. The summed E-state index contributed by atoms with van der Waals surface area (Å²) < 4.78 is 5.16. The summed E-state index contributed by atoms with van der Waals surface area (Å²) in [6.07, 6.45) is 1.07. The number of rotatable bonds is 7. The van der Waals surface area contributed by atoms with Crippen molar-refractivity contribution in [2.45, 2.75) is 39.3 Å². The first kappa shape index (κ1) is 13.7. The zero-order valence-electron chi connectivity index (χ0n) is 10.7. The lowest BCUT2D eigenvalue weighted by Gasteiger charge is -2.26. The van der Waals surface area contributed by atoms with E-state index in [4.69, 9.17) is 4.74 Å². The van der Waals surface area contributed by atoms with Crippen LogP contribution in [0.1, 0.15) is 38.8 Å². The van der Waals surface area contributed by atoms with E-state index in [1.807, 2.05) is 0 Å². The summed E-state index contributed by atoms with van der Waals surface area (Å²) in [4.78, 5) is 0. The van der Waals surface area contributed by atoms with Gasteiger partial charge in [-0.15, -0.1) is 0 Å². The molecule has 0 aliphatic rings. The van der Waals surface area contributed by atoms with Crippen molar-refractivity contribution in [1.29, 1.82) is 0 Å². The molecule has 0 spiro atoms. The van der Waals surface area contributed by atoms with Gasteiger partial charge in [-0.1, -0.05) is 13.8 Å². The Morgan fingerprint density at radius 1 is 1.38 bits per heavy atom. The van der Waals surface area contributed by atoms with Gasteiger partial charge in [0.2, 0.25) is 0 Å². The van der Waals surface area contributed by atoms with Crippen LogP contribution in [0.25, 0.3) is 0 Å². The van der Waals surface area contributed by atoms with Crippen LogP contribution < -0.4 is 5.32 Å². The standard InChI is InChI=1S/C13H23NOS/c1-10(2)13(5-7-15-4)14-11(3)12-6-8-16-9-12/h6,8-11,13-14H,5,7H2,1-4H3. The van der Waals surface area contributed by atoms with Gasteiger partial charge in [0.15, 0.2) is 0 Å². The highest BCUT2D eigenvalue weighted by Crippen LogP contribution is 2.18. The van der Waals surface area contributed by atoms with Gasteiger partial charge in [-0.2, -0.15) is 11.3 Å². The highest BCUT2D eigenvalue weighted by molar-refractivity contribution is 7.07. The smallest absolute Gasteiger partial charge is 0.0477 e. The van der Waals surface area contributed by atoms with Crippen LogP contribution in [-0.2, 0) is 4.74 Å². The molecule has 1 aromatic rings. The molecule has 1 rings (SSSR count). The molecular formula is C13H23NOS. The highest BCUT2D eigenvalue weighted by Gasteiger charge is 2.16. The molecule has 0 bridgehead atoms. The number of ether oxygens (including phenoxy) is 1. The lowest BCUT2D eigenvalue weighted by molar-refractivity contribution is 0.170. The first-order chi connectivity index (χ1) is 7.65. The van der Waals surface area contributed by atoms with Crippen LogP contribution in [0.15, 0.2) is 16.8 Å². The van der Waals surface area contributed by atoms with Gasteiger partial charge in [0.25, 0.3) is 0 Å². The molecule has 92 valence electrons. The fourth-order valence-electron chi connectivity index (χ4n) is 1.79. The fourth-order valence-corrected chi connectivity index (χ4v) is 2.55. The molecule has 0 radical (unpaired) electrons. The van der Waals surface area contributed by atoms with E-state index in [9.17, 15) is 0 Å². The van der Waals surface area contributed by atoms with Crippen molar-refractivity contribution in [2.75, 3.05) is 13.7 Å². The average molecular weight is 241 g/mol. The first-order valence-electron chi connectivity index (χ1n) is 5.92. The van der Waals surface area contributed by atoms with Crippen LogP contribution in [0.2, 0.25) is 0 Å². The third-order valence-corrected chi connectivity index (χ3v) is 3.65. The van der Waals surface area contributed by atoms with Gasteiger partial charge in [-0.05, 0) is 41.7 Å². The zero-order valence-corrected chi connectivity index (χ0v) is 11.5. The van der Waals surface area contributed by atoms with Crippen molar-refractivity contribution in [3.8, 4) is 0 Å². The van der Waals surface area contributed by atoms with Gasteiger partial charge >= 0.3 is 0 Å². The topological polar surface area (TPSA) is 21.3 Å². The number of hydrogen-bond acceptors (Lipinski definition) is 3. The fraction of sp³-hybridized carbons (Fsp3) is 0.692. The van der Waals surface area contributed by atoms with Crippen molar-refractivity contribution >= 4 is 11.3 Å². The second-order valence-electron chi connectivity index (χ2n) is 4.58. The van der Waals surface area contributed by atoms with E-state index in [-0.39, 0.29) is 0 Å². The lowest BCUT2D eigenvalue weighted by atomic mass is 9.99. The third kappa shape index (κ3) is 4.24. The molecule has 3 heteroatoms. The lowest BCUT2D eigenvalue weighted by Crippen LogP contribution is -2.36. The molecule has 16 heavy (non-hydrogen) atoms. The minimum atomic E-state index is 0.426. The number of methoxy groups -OCH3 is 1. The van der Waals surface area contributed by atoms with E-state index in [0.717, 1.165) is 13.0 Å². The summed E-state index contributed by atoms with van der Waals surface area (Å²) in [5.41, 5.74) is 1.38. The highest BCUT2D eigenvalue weighted by atomic mass is 32.1. The SMILES string of the molecule is COCCC(NC(C)c1ccsc1)C(C)C. The van der Waals surface area contributed by atoms with Gasteiger partial charge < -0.3 is 10.1 Å². The van der Waals surface area contributed by atoms with Crippen LogP contribution >= 0.6 is 11.3 Å². The molecule has 2 unspecified atom stereocenters. The van der Waals surface area contributed by atoms with Crippen LogP contribution in [0, 0.1) is 5.92 Å². The molecule has 0 saturated carbocycles. The van der Waals surface area contributed by atoms with Crippen LogP contribution in [-0.4, -0.2) is 19.8 Å². The predicted octanol–water partition coefficient (Wildman–Crippen LogP) is 3.46.